The van der Waals surface area contributed by atoms with Crippen molar-refractivity contribution in [2.75, 3.05) is 6.61 Å². The molecule has 0 saturated heterocycles. The van der Waals surface area contributed by atoms with Crippen LogP contribution in [0.4, 0.5) is 0 Å². The zero-order valence-corrected chi connectivity index (χ0v) is 8.07. The van der Waals surface area contributed by atoms with Gasteiger partial charge in [0.05, 0.1) is 26.1 Å². The summed E-state index contributed by atoms with van der Waals surface area (Å²) in [5.74, 6) is 0.807. The van der Waals surface area contributed by atoms with Crippen molar-refractivity contribution in [2.45, 2.75) is 19.2 Å². The maximum absolute atomic E-state index is 8.57. The van der Waals surface area contributed by atoms with E-state index in [1.54, 1.807) is 24.3 Å². The van der Waals surface area contributed by atoms with Gasteiger partial charge >= 0.3 is 0 Å². The van der Waals surface area contributed by atoms with E-state index >= 15 is 0 Å². The number of ether oxygens (including phenoxy) is 1. The highest BCUT2D eigenvalue weighted by molar-refractivity contribution is 6.08. The van der Waals surface area contributed by atoms with Crippen LogP contribution in [-0.4, -0.2) is 14.5 Å². The van der Waals surface area contributed by atoms with Crippen LogP contribution < -0.4 is 4.74 Å². The Balaban J connectivity index is 2.33. The zero-order valence-electron chi connectivity index (χ0n) is 8.07. The molecule has 1 rings (SSSR count). The maximum atomic E-state index is 8.57. The summed E-state index contributed by atoms with van der Waals surface area (Å²) >= 11 is 0. The van der Waals surface area contributed by atoms with E-state index in [-0.39, 0.29) is 0 Å². The Labute approximate surface area is 85.9 Å². The molecule has 2 nitrogen and oxygen atoms in total. The minimum atomic E-state index is 0.652. The molecule has 0 atom stereocenters. The molecule has 0 aliphatic heterocycles. The first-order valence-electron chi connectivity index (χ1n) is 4.70. The second kappa shape index (κ2) is 6.09. The Bertz CT molecular complexity index is 302. The smallest absolute Gasteiger partial charge is 0.119 e. The summed E-state index contributed by atoms with van der Waals surface area (Å²) in [6.45, 7) is 0.684. The van der Waals surface area contributed by atoms with Gasteiger partial charge in [0, 0.05) is 0 Å². The van der Waals surface area contributed by atoms with Crippen molar-refractivity contribution in [2.24, 2.45) is 0 Å². The molecule has 0 spiro atoms. The second-order valence-electron chi connectivity index (χ2n) is 2.98. The first-order chi connectivity index (χ1) is 6.86. The molecule has 0 N–H and O–H groups in total. The van der Waals surface area contributed by atoms with Gasteiger partial charge in [-0.3, -0.25) is 0 Å². The van der Waals surface area contributed by atoms with E-state index in [0.29, 0.717) is 18.5 Å². The highest BCUT2D eigenvalue weighted by Gasteiger charge is 1.93. The number of hydrogen-bond donors (Lipinski definition) is 0. The number of nitrogens with zero attached hydrogens (tertiary/aromatic N) is 1. The molecular weight excluding hydrogens is 173 g/mol. The molecule has 0 aliphatic carbocycles. The Kier molecular flexibility index (Phi) is 4.64. The molecule has 0 heterocycles. The zero-order chi connectivity index (χ0) is 10.2. The van der Waals surface area contributed by atoms with Gasteiger partial charge in [-0.25, -0.2) is 0 Å². The fraction of sp³-hybridized carbons (Fsp3) is 0.364. The lowest BCUT2D eigenvalue weighted by Gasteiger charge is -2.04. The van der Waals surface area contributed by atoms with Crippen LogP contribution in [0.25, 0.3) is 0 Å². The minimum absolute atomic E-state index is 0.652. The van der Waals surface area contributed by atoms with Crippen LogP contribution in [0.3, 0.4) is 0 Å². The van der Waals surface area contributed by atoms with Crippen LogP contribution in [0, 0.1) is 11.3 Å². The van der Waals surface area contributed by atoms with Crippen molar-refractivity contribution in [3.63, 3.8) is 0 Å². The lowest BCUT2D eigenvalue weighted by Crippen LogP contribution is -1.96. The van der Waals surface area contributed by atoms with E-state index in [0.717, 1.165) is 18.6 Å². The lowest BCUT2D eigenvalue weighted by atomic mass is 10.0. The molecule has 0 unspecified atom stereocenters. The van der Waals surface area contributed by atoms with Gasteiger partial charge in [0.2, 0.25) is 0 Å². The van der Waals surface area contributed by atoms with E-state index in [4.69, 9.17) is 17.8 Å². The van der Waals surface area contributed by atoms with Crippen LogP contribution in [0.1, 0.15) is 18.4 Å². The predicted octanol–water partition coefficient (Wildman–Crippen LogP) is 2.30. The van der Waals surface area contributed by atoms with E-state index < -0.39 is 0 Å². The molecule has 0 amide bonds. The molecule has 0 aromatic heterocycles. The van der Waals surface area contributed by atoms with E-state index in [9.17, 15) is 0 Å². The molecule has 14 heavy (non-hydrogen) atoms. The Morgan fingerprint density at radius 3 is 2.50 bits per heavy atom. The van der Waals surface area contributed by atoms with Gasteiger partial charge in [-0.15, -0.1) is 0 Å². The molecule has 0 saturated carbocycles. The van der Waals surface area contributed by atoms with Gasteiger partial charge < -0.3 is 4.74 Å². The number of unbranched alkanes of at least 4 members (excludes halogenated alkanes) is 1. The standard InChI is InChI=1S/C11H12BNO/c12-7-1-2-8-14-11-5-3-10(9-13)4-6-11/h3-6H,1-2,7-8H2. The van der Waals surface area contributed by atoms with Gasteiger partial charge in [0.15, 0.2) is 0 Å². The average Bonchev–Trinajstić information content (AvgIpc) is 2.25. The van der Waals surface area contributed by atoms with Crippen LogP contribution in [0.15, 0.2) is 24.3 Å². The lowest BCUT2D eigenvalue weighted by molar-refractivity contribution is 0.309. The summed E-state index contributed by atoms with van der Waals surface area (Å²) in [5, 5.41) is 8.57. The van der Waals surface area contributed by atoms with Crippen LogP contribution in [0.2, 0.25) is 6.32 Å². The second-order valence-corrected chi connectivity index (χ2v) is 2.98. The summed E-state index contributed by atoms with van der Waals surface area (Å²) in [7, 11) is 5.35. The summed E-state index contributed by atoms with van der Waals surface area (Å²) in [4.78, 5) is 0. The van der Waals surface area contributed by atoms with Crippen molar-refractivity contribution >= 4 is 7.85 Å². The molecule has 70 valence electrons. The first kappa shape index (κ1) is 10.7. The largest absolute Gasteiger partial charge is 0.494 e. The monoisotopic (exact) mass is 185 g/mol. The van der Waals surface area contributed by atoms with Crippen molar-refractivity contribution in [1.82, 2.24) is 0 Å². The quantitative estimate of drug-likeness (QED) is 0.520. The fourth-order valence-electron chi connectivity index (χ4n) is 1.06. The molecule has 0 aliphatic rings. The third-order valence-corrected chi connectivity index (χ3v) is 1.85. The highest BCUT2D eigenvalue weighted by atomic mass is 16.5. The number of benzene rings is 1. The van der Waals surface area contributed by atoms with Gasteiger partial charge in [-0.05, 0) is 30.7 Å². The van der Waals surface area contributed by atoms with E-state index in [2.05, 4.69) is 6.07 Å². The van der Waals surface area contributed by atoms with Crippen molar-refractivity contribution in [3.05, 3.63) is 29.8 Å². The number of hydrogen-bond acceptors (Lipinski definition) is 2. The average molecular weight is 185 g/mol. The molecule has 2 radical (unpaired) electrons. The third-order valence-electron chi connectivity index (χ3n) is 1.85. The summed E-state index contributed by atoms with van der Waals surface area (Å²) in [6.07, 6.45) is 2.66. The van der Waals surface area contributed by atoms with Crippen molar-refractivity contribution in [3.8, 4) is 11.8 Å². The molecule has 0 bridgehead atoms. The van der Waals surface area contributed by atoms with Gasteiger partial charge in [0.25, 0.3) is 0 Å². The topological polar surface area (TPSA) is 33.0 Å². The van der Waals surface area contributed by atoms with Crippen LogP contribution in [-0.2, 0) is 0 Å². The number of rotatable bonds is 5. The summed E-state index contributed by atoms with van der Waals surface area (Å²) in [5.41, 5.74) is 0.652. The normalized spacial score (nSPS) is 9.36. The van der Waals surface area contributed by atoms with Gasteiger partial charge in [0.1, 0.15) is 5.75 Å². The molecule has 0 fully saturated rings. The SMILES string of the molecule is [B]CCCCOc1ccc(C#N)cc1. The van der Waals surface area contributed by atoms with E-state index in [1.807, 2.05) is 0 Å². The van der Waals surface area contributed by atoms with Crippen LogP contribution in [0.5, 0.6) is 5.75 Å². The van der Waals surface area contributed by atoms with Gasteiger partial charge in [-0.1, -0.05) is 12.7 Å². The Hall–Kier alpha value is -1.43. The summed E-state index contributed by atoms with van der Waals surface area (Å²) < 4.78 is 5.44. The molecule has 1 aromatic carbocycles. The minimum Gasteiger partial charge on any atom is -0.494 e. The number of nitriles is 1. The molecule has 1 aromatic rings. The van der Waals surface area contributed by atoms with Crippen LogP contribution >= 0.6 is 0 Å². The van der Waals surface area contributed by atoms with Crippen molar-refractivity contribution < 1.29 is 4.74 Å². The molecule has 3 heteroatoms. The van der Waals surface area contributed by atoms with Crippen molar-refractivity contribution in [1.29, 1.82) is 5.26 Å². The first-order valence-corrected chi connectivity index (χ1v) is 4.70. The fourth-order valence-corrected chi connectivity index (χ4v) is 1.06. The maximum Gasteiger partial charge on any atom is 0.119 e. The highest BCUT2D eigenvalue weighted by Crippen LogP contribution is 2.11. The van der Waals surface area contributed by atoms with E-state index in [1.165, 1.54) is 0 Å². The van der Waals surface area contributed by atoms with Gasteiger partial charge in [-0.2, -0.15) is 5.26 Å². The third kappa shape index (κ3) is 3.53. The summed E-state index contributed by atoms with van der Waals surface area (Å²) in [6, 6.07) is 9.17. The predicted molar refractivity (Wildman–Crippen MR) is 56.4 cm³/mol. The Morgan fingerprint density at radius 1 is 1.21 bits per heavy atom. The molecular formula is C11H12BNO. The Morgan fingerprint density at radius 2 is 1.93 bits per heavy atom.